The molecule has 0 bridgehead atoms. The molecule has 0 radical (unpaired) electrons. The third kappa shape index (κ3) is 5.03. The number of imide groups is 1. The van der Waals surface area contributed by atoms with E-state index in [0.29, 0.717) is 6.42 Å². The molecule has 0 N–H and O–H groups in total. The van der Waals surface area contributed by atoms with Crippen LogP contribution in [0, 0.1) is 24.7 Å². The van der Waals surface area contributed by atoms with Crippen molar-refractivity contribution in [1.82, 2.24) is 9.47 Å². The van der Waals surface area contributed by atoms with Gasteiger partial charge in [0.15, 0.2) is 0 Å². The zero-order valence-electron chi connectivity index (χ0n) is 21.9. The van der Waals surface area contributed by atoms with E-state index in [1.165, 1.54) is 21.7 Å². The number of carbonyl (C=O) groups excluding carboxylic acids is 2. The Kier molecular flexibility index (Phi) is 7.79. The second kappa shape index (κ2) is 10.7. The number of hydrogen-bond donors (Lipinski definition) is 0. The van der Waals surface area contributed by atoms with Crippen LogP contribution in [-0.2, 0) is 22.5 Å². The van der Waals surface area contributed by atoms with Crippen molar-refractivity contribution in [2.24, 2.45) is 17.8 Å². The lowest BCUT2D eigenvalue weighted by Crippen LogP contribution is -2.45. The third-order valence-electron chi connectivity index (χ3n) is 7.60. The van der Waals surface area contributed by atoms with Gasteiger partial charge in [0.1, 0.15) is 12.4 Å². The number of cyclic esters (lactones) is 1. The minimum atomic E-state index is -0.523. The zero-order chi connectivity index (χ0) is 26.1. The minimum Gasteiger partial charge on any atom is -0.497 e. The Hall–Kier alpha value is -2.80. The molecular weight excluding hydrogens is 520 g/mol. The van der Waals surface area contributed by atoms with Gasteiger partial charge in [-0.25, -0.2) is 9.69 Å². The van der Waals surface area contributed by atoms with Gasteiger partial charge in [-0.3, -0.25) is 4.79 Å². The van der Waals surface area contributed by atoms with Crippen molar-refractivity contribution >= 4 is 38.8 Å². The number of carbonyl (C=O) groups is 2. The van der Waals surface area contributed by atoms with Crippen LogP contribution in [0.1, 0.15) is 44.5 Å². The first-order valence-electron chi connectivity index (χ1n) is 12.5. The molecule has 0 aliphatic carbocycles. The fraction of sp³-hybridized carbons (Fsp3) is 0.448. The molecule has 3 atom stereocenters. The lowest BCUT2D eigenvalue weighted by molar-refractivity contribution is -0.135. The van der Waals surface area contributed by atoms with E-state index in [4.69, 9.17) is 9.47 Å². The zero-order valence-corrected chi connectivity index (χ0v) is 23.5. The van der Waals surface area contributed by atoms with Crippen molar-refractivity contribution in [3.8, 4) is 5.75 Å². The number of fused-ring (bicyclic) bond motifs is 1. The number of rotatable bonds is 8. The van der Waals surface area contributed by atoms with E-state index in [1.54, 1.807) is 7.11 Å². The van der Waals surface area contributed by atoms with Gasteiger partial charge in [-0.05, 0) is 66.6 Å². The highest BCUT2D eigenvalue weighted by atomic mass is 79.9. The van der Waals surface area contributed by atoms with Crippen LogP contribution in [0.5, 0.6) is 5.75 Å². The quantitative estimate of drug-likeness (QED) is 0.315. The summed E-state index contributed by atoms with van der Waals surface area (Å²) >= 11 is 3.52. The van der Waals surface area contributed by atoms with Crippen molar-refractivity contribution in [2.45, 2.75) is 53.6 Å². The second-order valence-electron chi connectivity index (χ2n) is 10.2. The second-order valence-corrected chi connectivity index (χ2v) is 11.1. The molecule has 3 aromatic rings. The molecule has 7 heteroatoms. The molecule has 0 spiro atoms. The topological polar surface area (TPSA) is 60.8 Å². The van der Waals surface area contributed by atoms with Crippen LogP contribution < -0.4 is 4.74 Å². The summed E-state index contributed by atoms with van der Waals surface area (Å²) in [6, 6.07) is 14.3. The number of aromatic nitrogens is 1. The predicted molar refractivity (Wildman–Crippen MR) is 145 cm³/mol. The van der Waals surface area contributed by atoms with Crippen molar-refractivity contribution in [1.29, 1.82) is 0 Å². The molecule has 4 rings (SSSR count). The molecule has 1 aromatic heterocycles. The van der Waals surface area contributed by atoms with Crippen molar-refractivity contribution in [2.75, 3.05) is 13.7 Å². The molecule has 0 saturated carbocycles. The van der Waals surface area contributed by atoms with E-state index >= 15 is 0 Å². The Morgan fingerprint density at radius 1 is 1.14 bits per heavy atom. The summed E-state index contributed by atoms with van der Waals surface area (Å²) in [5.41, 5.74) is 4.73. The van der Waals surface area contributed by atoms with E-state index in [9.17, 15) is 9.59 Å². The lowest BCUT2D eigenvalue weighted by atomic mass is 9.87. The fourth-order valence-corrected chi connectivity index (χ4v) is 5.30. The number of nitrogens with zero attached hydrogens (tertiary/aromatic N) is 2. The molecule has 6 nitrogen and oxygen atoms in total. The van der Waals surface area contributed by atoms with Crippen LogP contribution in [0.3, 0.4) is 0 Å². The molecule has 2 heterocycles. The minimum absolute atomic E-state index is 0.0235. The summed E-state index contributed by atoms with van der Waals surface area (Å²) < 4.78 is 14.1. The number of ether oxygens (including phenoxy) is 2. The molecule has 1 fully saturated rings. The van der Waals surface area contributed by atoms with E-state index in [0.717, 1.165) is 27.7 Å². The first-order valence-corrected chi connectivity index (χ1v) is 13.3. The molecule has 0 unspecified atom stereocenters. The Labute approximate surface area is 221 Å². The van der Waals surface area contributed by atoms with Gasteiger partial charge in [0.25, 0.3) is 0 Å². The molecular formula is C29H35BrN2O4. The first kappa shape index (κ1) is 26.3. The predicted octanol–water partition coefficient (Wildman–Crippen LogP) is 6.59. The van der Waals surface area contributed by atoms with E-state index in [-0.39, 0.29) is 36.3 Å². The van der Waals surface area contributed by atoms with Crippen LogP contribution in [0.4, 0.5) is 4.79 Å². The van der Waals surface area contributed by atoms with Gasteiger partial charge in [-0.15, -0.1) is 0 Å². The molecule has 192 valence electrons. The van der Waals surface area contributed by atoms with Gasteiger partial charge in [-0.1, -0.05) is 55.8 Å². The summed E-state index contributed by atoms with van der Waals surface area (Å²) in [7, 11) is 1.68. The number of halogens is 1. The Morgan fingerprint density at radius 2 is 1.83 bits per heavy atom. The Bertz CT molecular complexity index is 1260. The summed E-state index contributed by atoms with van der Waals surface area (Å²) in [6.07, 6.45) is 0.190. The average molecular weight is 556 g/mol. The first-order chi connectivity index (χ1) is 17.1. The average Bonchev–Trinajstić information content (AvgIpc) is 3.37. The highest BCUT2D eigenvalue weighted by Gasteiger charge is 2.42. The summed E-state index contributed by atoms with van der Waals surface area (Å²) in [5, 5.41) is 1.14. The molecule has 2 aromatic carbocycles. The maximum absolute atomic E-state index is 13.4. The standard InChI is InChI=1S/C29H35BrN2O4/c1-17(2)27-16-36-29(34)32(27)28(33)19(4)18(3)13-24-20(5)31(15-21-7-9-22(30)10-8-21)26-12-11-23(35-6)14-25(24)26/h7-12,14,17-19,27H,13,15-16H2,1-6H3/t18-,19+,27-/m1/s1. The molecule has 1 aliphatic heterocycles. The lowest BCUT2D eigenvalue weighted by Gasteiger charge is -2.28. The smallest absolute Gasteiger partial charge is 0.416 e. The van der Waals surface area contributed by atoms with Gasteiger partial charge in [0, 0.05) is 33.5 Å². The summed E-state index contributed by atoms with van der Waals surface area (Å²) in [4.78, 5) is 27.1. The van der Waals surface area contributed by atoms with Crippen molar-refractivity contribution < 1.29 is 19.1 Å². The van der Waals surface area contributed by atoms with Crippen LogP contribution in [0.25, 0.3) is 10.9 Å². The number of amides is 2. The van der Waals surface area contributed by atoms with Crippen LogP contribution >= 0.6 is 15.9 Å². The van der Waals surface area contributed by atoms with Gasteiger partial charge >= 0.3 is 6.09 Å². The largest absolute Gasteiger partial charge is 0.497 e. The summed E-state index contributed by atoms with van der Waals surface area (Å²) in [6.45, 7) is 11.2. The van der Waals surface area contributed by atoms with Gasteiger partial charge in [0.2, 0.25) is 5.91 Å². The third-order valence-corrected chi connectivity index (χ3v) is 8.13. The molecule has 1 saturated heterocycles. The van der Waals surface area contributed by atoms with Crippen LogP contribution in [-0.4, -0.2) is 41.2 Å². The van der Waals surface area contributed by atoms with Gasteiger partial charge in [-0.2, -0.15) is 0 Å². The van der Waals surface area contributed by atoms with Crippen LogP contribution in [0.2, 0.25) is 0 Å². The van der Waals surface area contributed by atoms with E-state index in [1.807, 2.05) is 26.8 Å². The van der Waals surface area contributed by atoms with Crippen molar-refractivity contribution in [3.05, 3.63) is 63.8 Å². The highest BCUT2D eigenvalue weighted by Crippen LogP contribution is 2.34. The van der Waals surface area contributed by atoms with Crippen molar-refractivity contribution in [3.63, 3.8) is 0 Å². The Morgan fingerprint density at radius 3 is 2.47 bits per heavy atom. The molecule has 36 heavy (non-hydrogen) atoms. The van der Waals surface area contributed by atoms with E-state index in [2.05, 4.69) is 70.7 Å². The maximum Gasteiger partial charge on any atom is 0.416 e. The van der Waals surface area contributed by atoms with Gasteiger partial charge in [0.05, 0.1) is 13.2 Å². The van der Waals surface area contributed by atoms with E-state index < -0.39 is 6.09 Å². The number of hydrogen-bond acceptors (Lipinski definition) is 4. The monoisotopic (exact) mass is 554 g/mol. The van der Waals surface area contributed by atoms with Crippen LogP contribution in [0.15, 0.2) is 46.9 Å². The fourth-order valence-electron chi connectivity index (χ4n) is 5.03. The normalized spacial score (nSPS) is 17.5. The molecule has 1 aliphatic rings. The number of benzene rings is 2. The number of methoxy groups -OCH3 is 1. The summed E-state index contributed by atoms with van der Waals surface area (Å²) in [5.74, 6) is 0.495. The SMILES string of the molecule is COc1ccc2c(c1)c(C[C@@H](C)[C@H](C)C(=O)N1C(=O)OC[C@@H]1C(C)C)c(C)n2Cc1ccc(Br)cc1. The Balaban J connectivity index is 1.65. The maximum atomic E-state index is 13.4. The highest BCUT2D eigenvalue weighted by molar-refractivity contribution is 9.10. The van der Waals surface area contributed by atoms with Gasteiger partial charge < -0.3 is 14.0 Å². The molecule has 2 amide bonds.